The van der Waals surface area contributed by atoms with Gasteiger partial charge in [0.25, 0.3) is 5.56 Å². The van der Waals surface area contributed by atoms with E-state index in [1.807, 2.05) is 0 Å². The molecule has 0 atom stereocenters. The summed E-state index contributed by atoms with van der Waals surface area (Å²) in [6.07, 6.45) is 0. The number of amidine groups is 1. The van der Waals surface area contributed by atoms with Crippen LogP contribution < -0.4 is 11.3 Å². The van der Waals surface area contributed by atoms with Crippen LogP contribution in [0.15, 0.2) is 22.1 Å². The van der Waals surface area contributed by atoms with E-state index in [1.54, 1.807) is 6.92 Å². The predicted molar refractivity (Wildman–Crippen MR) is 66.5 cm³/mol. The van der Waals surface area contributed by atoms with Crippen molar-refractivity contribution in [2.24, 2.45) is 10.9 Å². The van der Waals surface area contributed by atoms with Gasteiger partial charge in [0.15, 0.2) is 5.84 Å². The maximum atomic E-state index is 12.0. The van der Waals surface area contributed by atoms with Crippen molar-refractivity contribution in [1.29, 1.82) is 0 Å². The summed E-state index contributed by atoms with van der Waals surface area (Å²) in [5.41, 5.74) is 0.847. The number of thioether (sulfide) groups is 1. The molecule has 0 bridgehead atoms. The van der Waals surface area contributed by atoms with Crippen molar-refractivity contribution in [2.75, 3.05) is 5.75 Å². The number of nitrogens with zero attached hydrogens (tertiary/aromatic N) is 2. The van der Waals surface area contributed by atoms with E-state index >= 15 is 0 Å². The second kappa shape index (κ2) is 6.00. The first-order valence-electron chi connectivity index (χ1n) is 5.15. The highest BCUT2D eigenvalue weighted by Crippen LogP contribution is 2.29. The van der Waals surface area contributed by atoms with Gasteiger partial charge in [-0.3, -0.25) is 4.79 Å². The molecule has 0 saturated carbocycles. The molecule has 0 unspecified atom stereocenters. The monoisotopic (exact) mass is 295 g/mol. The molecule has 0 aromatic carbocycles. The lowest BCUT2D eigenvalue weighted by Gasteiger charge is -2.12. The number of alkyl halides is 3. The third kappa shape index (κ3) is 4.19. The van der Waals surface area contributed by atoms with E-state index in [9.17, 15) is 18.0 Å². The normalized spacial score (nSPS) is 12.7. The van der Waals surface area contributed by atoms with Crippen LogP contribution in [0.5, 0.6) is 0 Å². The van der Waals surface area contributed by atoms with Gasteiger partial charge in [0.2, 0.25) is 0 Å². The average Bonchev–Trinajstić information content (AvgIpc) is 2.31. The number of aromatic nitrogens is 1. The summed E-state index contributed by atoms with van der Waals surface area (Å²) >= 11 is -0.205. The summed E-state index contributed by atoms with van der Waals surface area (Å²) in [5.74, 6) is -0.661. The largest absolute Gasteiger partial charge is 0.441 e. The minimum absolute atomic E-state index is 0.0508. The summed E-state index contributed by atoms with van der Waals surface area (Å²) in [6.45, 7) is 1.48. The fourth-order valence-electron chi connectivity index (χ4n) is 1.45. The van der Waals surface area contributed by atoms with E-state index in [2.05, 4.69) is 5.16 Å². The number of aryl methyl sites for hydroxylation is 1. The highest BCUT2D eigenvalue weighted by atomic mass is 32.2. The number of hydrogen-bond acceptors (Lipinski definition) is 4. The summed E-state index contributed by atoms with van der Waals surface area (Å²) in [4.78, 5) is 11.9. The molecule has 1 aromatic heterocycles. The van der Waals surface area contributed by atoms with Gasteiger partial charge >= 0.3 is 5.51 Å². The van der Waals surface area contributed by atoms with E-state index in [0.717, 1.165) is 4.57 Å². The first kappa shape index (κ1) is 15.4. The van der Waals surface area contributed by atoms with Gasteiger partial charge in [-0.2, -0.15) is 13.2 Å². The molecule has 5 nitrogen and oxygen atoms in total. The molecule has 0 radical (unpaired) electrons. The Kier molecular flexibility index (Phi) is 4.87. The van der Waals surface area contributed by atoms with Gasteiger partial charge < -0.3 is 15.5 Å². The maximum absolute atomic E-state index is 12.0. The van der Waals surface area contributed by atoms with Crippen LogP contribution in [0.4, 0.5) is 13.2 Å². The minimum atomic E-state index is -4.33. The van der Waals surface area contributed by atoms with Crippen molar-refractivity contribution in [1.82, 2.24) is 4.57 Å². The van der Waals surface area contributed by atoms with Crippen molar-refractivity contribution in [3.63, 3.8) is 0 Å². The Morgan fingerprint density at radius 2 is 2.16 bits per heavy atom. The average molecular weight is 295 g/mol. The standard InChI is InChI=1S/C10H12F3N3O2S/c1-6-2-3-7(8(14)15-18)9(17)16(6)4-5-19-10(11,12)13/h2-3,18H,4-5H2,1H3,(H2,14,15). The first-order chi connectivity index (χ1) is 8.76. The van der Waals surface area contributed by atoms with E-state index in [4.69, 9.17) is 10.9 Å². The Labute approximate surface area is 110 Å². The van der Waals surface area contributed by atoms with Gasteiger partial charge in [0, 0.05) is 18.0 Å². The number of rotatable bonds is 4. The zero-order chi connectivity index (χ0) is 14.6. The molecule has 1 aromatic rings. The topological polar surface area (TPSA) is 80.6 Å². The molecule has 3 N–H and O–H groups in total. The number of pyridine rings is 1. The predicted octanol–water partition coefficient (Wildman–Crippen LogP) is 1.50. The van der Waals surface area contributed by atoms with Crippen LogP contribution in [0.1, 0.15) is 11.3 Å². The van der Waals surface area contributed by atoms with Crippen LogP contribution >= 0.6 is 11.8 Å². The Balaban J connectivity index is 2.98. The first-order valence-corrected chi connectivity index (χ1v) is 6.14. The minimum Gasteiger partial charge on any atom is -0.409 e. The quantitative estimate of drug-likeness (QED) is 0.382. The molecule has 0 aliphatic carbocycles. The molecule has 0 aliphatic rings. The van der Waals surface area contributed by atoms with E-state index in [0.29, 0.717) is 5.69 Å². The van der Waals surface area contributed by atoms with E-state index in [-0.39, 0.29) is 35.5 Å². The highest BCUT2D eigenvalue weighted by molar-refractivity contribution is 8.00. The molecule has 0 amide bonds. The molecule has 0 spiro atoms. The highest BCUT2D eigenvalue weighted by Gasteiger charge is 2.27. The lowest BCUT2D eigenvalue weighted by atomic mass is 10.2. The Morgan fingerprint density at radius 1 is 1.53 bits per heavy atom. The Bertz CT molecular complexity index is 540. The molecule has 0 fully saturated rings. The molecule has 0 saturated heterocycles. The fourth-order valence-corrected chi connectivity index (χ4v) is 1.96. The van der Waals surface area contributed by atoms with Crippen molar-refractivity contribution in [3.8, 4) is 0 Å². The van der Waals surface area contributed by atoms with E-state index < -0.39 is 11.1 Å². The zero-order valence-electron chi connectivity index (χ0n) is 9.94. The van der Waals surface area contributed by atoms with Crippen molar-refractivity contribution >= 4 is 17.6 Å². The number of halogens is 3. The van der Waals surface area contributed by atoms with Crippen molar-refractivity contribution < 1.29 is 18.4 Å². The second-order valence-electron chi connectivity index (χ2n) is 3.62. The smallest absolute Gasteiger partial charge is 0.409 e. The second-order valence-corrected chi connectivity index (χ2v) is 4.78. The van der Waals surface area contributed by atoms with Crippen LogP contribution in [0.2, 0.25) is 0 Å². The zero-order valence-corrected chi connectivity index (χ0v) is 10.8. The lowest BCUT2D eigenvalue weighted by Crippen LogP contribution is -2.32. The summed E-state index contributed by atoms with van der Waals surface area (Å²) in [7, 11) is 0. The number of nitrogens with two attached hydrogens (primary N) is 1. The van der Waals surface area contributed by atoms with Crippen molar-refractivity contribution in [2.45, 2.75) is 19.0 Å². The van der Waals surface area contributed by atoms with Gasteiger partial charge in [-0.1, -0.05) is 5.16 Å². The molecular formula is C10H12F3N3O2S. The summed E-state index contributed by atoms with van der Waals surface area (Å²) < 4.78 is 37.2. The van der Waals surface area contributed by atoms with Crippen molar-refractivity contribution in [3.05, 3.63) is 33.7 Å². The van der Waals surface area contributed by atoms with Crippen LogP contribution in [-0.4, -0.2) is 26.9 Å². The van der Waals surface area contributed by atoms with Crippen LogP contribution in [-0.2, 0) is 6.54 Å². The molecule has 0 aliphatic heterocycles. The molecule has 1 heterocycles. The number of oxime groups is 1. The molecule has 1 rings (SSSR count). The lowest BCUT2D eigenvalue weighted by molar-refractivity contribution is -0.0328. The van der Waals surface area contributed by atoms with Gasteiger partial charge in [-0.15, -0.1) is 0 Å². The molecule has 106 valence electrons. The third-order valence-electron chi connectivity index (χ3n) is 2.36. The fraction of sp³-hybridized carbons (Fsp3) is 0.400. The van der Waals surface area contributed by atoms with Gasteiger partial charge in [0.05, 0.1) is 5.56 Å². The van der Waals surface area contributed by atoms with Gasteiger partial charge in [-0.05, 0) is 30.8 Å². The molecule has 9 heteroatoms. The van der Waals surface area contributed by atoms with Gasteiger partial charge in [-0.25, -0.2) is 0 Å². The summed E-state index contributed by atoms with van der Waals surface area (Å²) in [5, 5.41) is 11.2. The van der Waals surface area contributed by atoms with Crippen LogP contribution in [0.3, 0.4) is 0 Å². The molecular weight excluding hydrogens is 283 g/mol. The Hall–Kier alpha value is -1.64. The Morgan fingerprint density at radius 3 is 2.68 bits per heavy atom. The van der Waals surface area contributed by atoms with Gasteiger partial charge in [0.1, 0.15) is 0 Å². The van der Waals surface area contributed by atoms with E-state index in [1.165, 1.54) is 12.1 Å². The van der Waals surface area contributed by atoms with Crippen LogP contribution in [0, 0.1) is 6.92 Å². The maximum Gasteiger partial charge on any atom is 0.441 e. The molecule has 19 heavy (non-hydrogen) atoms. The summed E-state index contributed by atoms with van der Waals surface area (Å²) in [6, 6.07) is 2.88. The number of hydrogen-bond donors (Lipinski definition) is 2. The van der Waals surface area contributed by atoms with Crippen LogP contribution in [0.25, 0.3) is 0 Å². The third-order valence-corrected chi connectivity index (χ3v) is 3.07. The SMILES string of the molecule is Cc1ccc(/C(N)=N/O)c(=O)n1CCSC(F)(F)F.